The molecule has 0 amide bonds. The zero-order valence-electron chi connectivity index (χ0n) is 10.5. The van der Waals surface area contributed by atoms with E-state index in [0.717, 1.165) is 39.1 Å². The van der Waals surface area contributed by atoms with E-state index in [4.69, 9.17) is 4.74 Å². The van der Waals surface area contributed by atoms with Crippen LogP contribution in [0.1, 0.15) is 31.4 Å². The van der Waals surface area contributed by atoms with Crippen molar-refractivity contribution in [3.8, 4) is 0 Å². The summed E-state index contributed by atoms with van der Waals surface area (Å²) in [5, 5.41) is 3.46. The third-order valence-electron chi connectivity index (χ3n) is 2.66. The van der Waals surface area contributed by atoms with Crippen LogP contribution in [0, 0.1) is 0 Å². The van der Waals surface area contributed by atoms with E-state index < -0.39 is 0 Å². The van der Waals surface area contributed by atoms with Gasteiger partial charge < -0.3 is 10.1 Å². The zero-order chi connectivity index (χ0) is 11.6. The van der Waals surface area contributed by atoms with Crippen LogP contribution in [0.15, 0.2) is 24.3 Å². The molecule has 0 aliphatic carbocycles. The Labute approximate surface area is 99.0 Å². The van der Waals surface area contributed by atoms with Gasteiger partial charge in [0, 0.05) is 19.8 Å². The predicted molar refractivity (Wildman–Crippen MR) is 68.6 cm³/mol. The molecule has 2 heteroatoms. The Kier molecular flexibility index (Phi) is 6.86. The predicted octanol–water partition coefficient (Wildman–Crippen LogP) is 2.77. The number of hydrogen-bond donors (Lipinski definition) is 1. The number of aryl methyl sites for hydroxylation is 1. The summed E-state index contributed by atoms with van der Waals surface area (Å²) in [6, 6.07) is 8.62. The summed E-state index contributed by atoms with van der Waals surface area (Å²) in [6.07, 6.45) is 2.19. The lowest BCUT2D eigenvalue weighted by Crippen LogP contribution is -2.17. The maximum absolute atomic E-state index is 5.29. The van der Waals surface area contributed by atoms with Gasteiger partial charge in [0.15, 0.2) is 0 Å². The van der Waals surface area contributed by atoms with E-state index in [9.17, 15) is 0 Å². The first-order valence-corrected chi connectivity index (χ1v) is 6.23. The molecule has 1 N–H and O–H groups in total. The molecule has 0 spiro atoms. The summed E-state index contributed by atoms with van der Waals surface area (Å²) in [6.45, 7) is 7.91. The van der Waals surface area contributed by atoms with Gasteiger partial charge in [0.2, 0.25) is 0 Å². The lowest BCUT2D eigenvalue weighted by molar-refractivity contribution is 0.144. The van der Waals surface area contributed by atoms with Crippen LogP contribution in [0.3, 0.4) is 0 Å². The van der Waals surface area contributed by atoms with Crippen molar-refractivity contribution in [1.29, 1.82) is 0 Å². The Morgan fingerprint density at radius 1 is 1.12 bits per heavy atom. The van der Waals surface area contributed by atoms with Crippen molar-refractivity contribution < 1.29 is 4.74 Å². The van der Waals surface area contributed by atoms with Crippen LogP contribution in [0.5, 0.6) is 0 Å². The molecule has 0 aliphatic heterocycles. The molecule has 0 saturated heterocycles. The van der Waals surface area contributed by atoms with Gasteiger partial charge in [-0.05, 0) is 37.4 Å². The number of hydrogen-bond acceptors (Lipinski definition) is 2. The quantitative estimate of drug-likeness (QED) is 0.682. The van der Waals surface area contributed by atoms with E-state index in [1.165, 1.54) is 11.1 Å². The van der Waals surface area contributed by atoms with E-state index in [1.54, 1.807) is 0 Å². The van der Waals surface area contributed by atoms with Crippen LogP contribution in [-0.2, 0) is 17.7 Å². The van der Waals surface area contributed by atoms with Crippen molar-refractivity contribution >= 4 is 0 Å². The van der Waals surface area contributed by atoms with Crippen LogP contribution in [0.25, 0.3) is 0 Å². The fourth-order valence-corrected chi connectivity index (χ4v) is 1.74. The second kappa shape index (κ2) is 8.31. The molecule has 1 aromatic rings. The molecule has 0 radical (unpaired) electrons. The maximum Gasteiger partial charge on any atom is 0.0477 e. The zero-order valence-corrected chi connectivity index (χ0v) is 10.5. The average molecular weight is 221 g/mol. The molecule has 0 fully saturated rings. The monoisotopic (exact) mass is 221 g/mol. The van der Waals surface area contributed by atoms with Gasteiger partial charge in [-0.1, -0.05) is 31.2 Å². The van der Waals surface area contributed by atoms with E-state index in [2.05, 4.69) is 36.5 Å². The summed E-state index contributed by atoms with van der Waals surface area (Å²) in [5.74, 6) is 0. The normalized spacial score (nSPS) is 10.6. The molecule has 90 valence electrons. The van der Waals surface area contributed by atoms with Gasteiger partial charge in [0.05, 0.1) is 0 Å². The minimum absolute atomic E-state index is 0.818. The standard InChI is InChI=1S/C14H23NO/c1-3-13-8-5-6-9-14(13)12-15-10-7-11-16-4-2/h5-6,8-9,15H,3-4,7,10-12H2,1-2H3. The average Bonchev–Trinajstić information content (AvgIpc) is 2.34. The lowest BCUT2D eigenvalue weighted by atomic mass is 10.1. The minimum Gasteiger partial charge on any atom is -0.382 e. The third kappa shape index (κ3) is 4.77. The molecule has 0 bridgehead atoms. The second-order valence-electron chi connectivity index (χ2n) is 3.85. The molecule has 2 nitrogen and oxygen atoms in total. The van der Waals surface area contributed by atoms with Crippen molar-refractivity contribution in [3.63, 3.8) is 0 Å². The van der Waals surface area contributed by atoms with Gasteiger partial charge in [-0.25, -0.2) is 0 Å². The molecule has 16 heavy (non-hydrogen) atoms. The van der Waals surface area contributed by atoms with Crippen molar-refractivity contribution in [2.75, 3.05) is 19.8 Å². The Morgan fingerprint density at radius 3 is 2.56 bits per heavy atom. The lowest BCUT2D eigenvalue weighted by Gasteiger charge is -2.09. The van der Waals surface area contributed by atoms with Gasteiger partial charge in [-0.2, -0.15) is 0 Å². The van der Waals surface area contributed by atoms with Crippen LogP contribution >= 0.6 is 0 Å². The molecule has 1 rings (SSSR count). The van der Waals surface area contributed by atoms with Crippen molar-refractivity contribution in [2.45, 2.75) is 33.2 Å². The van der Waals surface area contributed by atoms with E-state index in [-0.39, 0.29) is 0 Å². The first kappa shape index (κ1) is 13.2. The molecular weight excluding hydrogens is 198 g/mol. The van der Waals surface area contributed by atoms with Gasteiger partial charge >= 0.3 is 0 Å². The van der Waals surface area contributed by atoms with E-state index in [0.29, 0.717) is 0 Å². The van der Waals surface area contributed by atoms with Crippen molar-refractivity contribution in [1.82, 2.24) is 5.32 Å². The highest BCUT2D eigenvalue weighted by molar-refractivity contribution is 5.26. The summed E-state index contributed by atoms with van der Waals surface area (Å²) < 4.78 is 5.29. The van der Waals surface area contributed by atoms with Gasteiger partial charge in [-0.3, -0.25) is 0 Å². The van der Waals surface area contributed by atoms with Gasteiger partial charge in [0.1, 0.15) is 0 Å². The molecule has 0 saturated carbocycles. The Morgan fingerprint density at radius 2 is 1.88 bits per heavy atom. The molecular formula is C14H23NO. The fraction of sp³-hybridized carbons (Fsp3) is 0.571. The van der Waals surface area contributed by atoms with Crippen LogP contribution in [0.4, 0.5) is 0 Å². The van der Waals surface area contributed by atoms with Crippen LogP contribution in [0.2, 0.25) is 0 Å². The Hall–Kier alpha value is -0.860. The topological polar surface area (TPSA) is 21.3 Å². The van der Waals surface area contributed by atoms with Gasteiger partial charge in [0.25, 0.3) is 0 Å². The molecule has 0 atom stereocenters. The van der Waals surface area contributed by atoms with E-state index >= 15 is 0 Å². The maximum atomic E-state index is 5.29. The van der Waals surface area contributed by atoms with Crippen LogP contribution < -0.4 is 5.32 Å². The SMILES string of the molecule is CCOCCCNCc1ccccc1CC. The number of ether oxygens (including phenoxy) is 1. The molecule has 1 aromatic carbocycles. The van der Waals surface area contributed by atoms with E-state index in [1.807, 2.05) is 6.92 Å². The molecule has 0 unspecified atom stereocenters. The first-order chi connectivity index (χ1) is 7.88. The highest BCUT2D eigenvalue weighted by atomic mass is 16.5. The largest absolute Gasteiger partial charge is 0.382 e. The number of rotatable bonds is 8. The highest BCUT2D eigenvalue weighted by Gasteiger charge is 1.98. The van der Waals surface area contributed by atoms with Crippen molar-refractivity contribution in [2.24, 2.45) is 0 Å². The first-order valence-electron chi connectivity index (χ1n) is 6.23. The Balaban J connectivity index is 2.21. The number of benzene rings is 1. The minimum atomic E-state index is 0.818. The van der Waals surface area contributed by atoms with Gasteiger partial charge in [-0.15, -0.1) is 0 Å². The summed E-state index contributed by atoms with van der Waals surface area (Å²) in [5.41, 5.74) is 2.86. The molecule has 0 heterocycles. The second-order valence-corrected chi connectivity index (χ2v) is 3.85. The summed E-state index contributed by atoms with van der Waals surface area (Å²) in [4.78, 5) is 0. The fourth-order valence-electron chi connectivity index (χ4n) is 1.74. The summed E-state index contributed by atoms with van der Waals surface area (Å²) in [7, 11) is 0. The molecule has 0 aromatic heterocycles. The Bertz CT molecular complexity index is 286. The number of nitrogens with one attached hydrogen (secondary N) is 1. The third-order valence-corrected chi connectivity index (χ3v) is 2.66. The smallest absolute Gasteiger partial charge is 0.0477 e. The molecule has 0 aliphatic rings. The highest BCUT2D eigenvalue weighted by Crippen LogP contribution is 2.08. The summed E-state index contributed by atoms with van der Waals surface area (Å²) >= 11 is 0. The van der Waals surface area contributed by atoms with Crippen molar-refractivity contribution in [3.05, 3.63) is 35.4 Å². The van der Waals surface area contributed by atoms with Crippen LogP contribution in [-0.4, -0.2) is 19.8 Å².